The number of thiol groups is 1. The molecule has 0 aliphatic heterocycles. The van der Waals surface area contributed by atoms with Crippen molar-refractivity contribution >= 4 is 12.6 Å². The molecular formula is C8H11NOS. The van der Waals surface area contributed by atoms with Crippen molar-refractivity contribution in [3.05, 3.63) is 17.5 Å². The molecule has 0 N–H and O–H groups in total. The largest absolute Gasteiger partial charge is 0.361 e. The van der Waals surface area contributed by atoms with Crippen molar-refractivity contribution in [1.82, 2.24) is 5.16 Å². The summed E-state index contributed by atoms with van der Waals surface area (Å²) in [4.78, 5) is 0. The van der Waals surface area contributed by atoms with E-state index in [1.165, 1.54) is 12.8 Å². The third-order valence-corrected chi connectivity index (χ3v) is 2.64. The number of hydrogen-bond donors (Lipinski definition) is 1. The lowest BCUT2D eigenvalue weighted by atomic mass is 10.1. The van der Waals surface area contributed by atoms with E-state index in [0.29, 0.717) is 11.2 Å². The molecule has 1 aliphatic carbocycles. The van der Waals surface area contributed by atoms with Crippen molar-refractivity contribution in [1.29, 1.82) is 0 Å². The van der Waals surface area contributed by atoms with E-state index in [-0.39, 0.29) is 0 Å². The van der Waals surface area contributed by atoms with Gasteiger partial charge in [0, 0.05) is 17.2 Å². The molecule has 3 heteroatoms. The minimum atomic E-state index is 0.300. The summed E-state index contributed by atoms with van der Waals surface area (Å²) < 4.78 is 5.18. The first-order chi connectivity index (χ1) is 5.24. The van der Waals surface area contributed by atoms with Crippen LogP contribution in [0.15, 0.2) is 10.6 Å². The summed E-state index contributed by atoms with van der Waals surface area (Å²) >= 11 is 4.12. The van der Waals surface area contributed by atoms with Gasteiger partial charge in [-0.3, -0.25) is 0 Å². The normalized spacial score (nSPS) is 20.2. The molecule has 0 aromatic carbocycles. The van der Waals surface area contributed by atoms with Gasteiger partial charge in [-0.2, -0.15) is 12.6 Å². The van der Waals surface area contributed by atoms with E-state index >= 15 is 0 Å². The molecule has 1 aliphatic rings. The van der Waals surface area contributed by atoms with Crippen LogP contribution in [0.4, 0.5) is 0 Å². The maximum atomic E-state index is 5.18. The Morgan fingerprint density at radius 1 is 1.73 bits per heavy atom. The van der Waals surface area contributed by atoms with E-state index in [1.807, 2.05) is 6.07 Å². The first-order valence-electron chi connectivity index (χ1n) is 3.81. The van der Waals surface area contributed by atoms with E-state index in [1.54, 1.807) is 0 Å². The van der Waals surface area contributed by atoms with Gasteiger partial charge >= 0.3 is 0 Å². The van der Waals surface area contributed by atoms with Gasteiger partial charge in [-0.25, -0.2) is 0 Å². The molecule has 1 fully saturated rings. The Kier molecular flexibility index (Phi) is 1.49. The zero-order valence-corrected chi connectivity index (χ0v) is 7.40. The molecule has 11 heavy (non-hydrogen) atoms. The molecule has 0 amide bonds. The Bertz CT molecular complexity index is 265. The van der Waals surface area contributed by atoms with E-state index < -0.39 is 0 Å². The van der Waals surface area contributed by atoms with Crippen LogP contribution in [0.5, 0.6) is 0 Å². The molecule has 2 rings (SSSR count). The topological polar surface area (TPSA) is 26.0 Å². The monoisotopic (exact) mass is 169 g/mol. The van der Waals surface area contributed by atoms with E-state index in [0.717, 1.165) is 11.5 Å². The highest BCUT2D eigenvalue weighted by molar-refractivity contribution is 7.79. The second-order valence-electron chi connectivity index (χ2n) is 3.40. The number of rotatable bonds is 2. The lowest BCUT2D eigenvalue weighted by molar-refractivity contribution is 0.356. The summed E-state index contributed by atoms with van der Waals surface area (Å²) in [5.74, 6) is 1.70. The van der Waals surface area contributed by atoms with Crippen molar-refractivity contribution in [3.8, 4) is 0 Å². The first kappa shape index (κ1) is 7.22. The molecule has 1 aromatic heterocycles. The van der Waals surface area contributed by atoms with Crippen molar-refractivity contribution in [2.45, 2.75) is 30.9 Å². The Labute approximate surface area is 71.4 Å². The van der Waals surface area contributed by atoms with E-state index in [9.17, 15) is 0 Å². The third-order valence-electron chi connectivity index (χ3n) is 2.32. The number of hydrogen-bond acceptors (Lipinski definition) is 3. The summed E-state index contributed by atoms with van der Waals surface area (Å²) in [6, 6.07) is 2.01. The molecule has 0 spiro atoms. The van der Waals surface area contributed by atoms with Gasteiger partial charge in [0.25, 0.3) is 0 Å². The molecule has 0 saturated heterocycles. The maximum absolute atomic E-state index is 5.18. The van der Waals surface area contributed by atoms with Crippen molar-refractivity contribution in [2.75, 3.05) is 0 Å². The molecule has 0 radical (unpaired) electrons. The average Bonchev–Trinajstić information content (AvgIpc) is 2.61. The lowest BCUT2D eigenvalue weighted by Crippen LogP contribution is -1.95. The van der Waals surface area contributed by atoms with Gasteiger partial charge in [0.15, 0.2) is 0 Å². The van der Waals surface area contributed by atoms with Crippen molar-refractivity contribution < 1.29 is 4.52 Å². The predicted molar refractivity (Wildman–Crippen MR) is 45.8 cm³/mol. The Balaban J connectivity index is 2.25. The highest BCUT2D eigenvalue weighted by Gasteiger charge is 2.42. The zero-order valence-electron chi connectivity index (χ0n) is 6.50. The van der Waals surface area contributed by atoms with Crippen LogP contribution in [0.3, 0.4) is 0 Å². The van der Waals surface area contributed by atoms with E-state index in [2.05, 4.69) is 24.7 Å². The van der Waals surface area contributed by atoms with Crippen LogP contribution in [0.2, 0.25) is 0 Å². The standard InChI is InChI=1S/C8H11NOS/c1-8(2-3-8)7-4-6(5-11)9-10-7/h4,11H,2-3,5H2,1H3. The molecule has 2 nitrogen and oxygen atoms in total. The van der Waals surface area contributed by atoms with Crippen molar-refractivity contribution in [3.63, 3.8) is 0 Å². The SMILES string of the molecule is CC1(c2cc(CS)no2)CC1. The Morgan fingerprint density at radius 3 is 2.91 bits per heavy atom. The Hall–Kier alpha value is -0.440. The van der Waals surface area contributed by atoms with Gasteiger partial charge in [0.1, 0.15) is 5.76 Å². The minimum Gasteiger partial charge on any atom is -0.361 e. The molecule has 0 atom stereocenters. The summed E-state index contributed by atoms with van der Waals surface area (Å²) in [5, 5.41) is 3.89. The second-order valence-corrected chi connectivity index (χ2v) is 3.72. The molecule has 1 saturated carbocycles. The van der Waals surface area contributed by atoms with Crippen LogP contribution >= 0.6 is 12.6 Å². The predicted octanol–water partition coefficient (Wildman–Crippen LogP) is 2.16. The summed E-state index contributed by atoms with van der Waals surface area (Å²) in [6.07, 6.45) is 2.46. The van der Waals surface area contributed by atoms with Gasteiger partial charge in [-0.1, -0.05) is 12.1 Å². The molecule has 1 aromatic rings. The quantitative estimate of drug-likeness (QED) is 0.686. The fourth-order valence-corrected chi connectivity index (χ4v) is 1.25. The fourth-order valence-electron chi connectivity index (χ4n) is 1.10. The number of nitrogens with zero attached hydrogens (tertiary/aromatic N) is 1. The van der Waals surface area contributed by atoms with Crippen LogP contribution in [-0.2, 0) is 11.2 Å². The summed E-state index contributed by atoms with van der Waals surface area (Å²) in [6.45, 7) is 2.20. The highest BCUT2D eigenvalue weighted by atomic mass is 32.1. The maximum Gasteiger partial charge on any atom is 0.142 e. The smallest absolute Gasteiger partial charge is 0.142 e. The van der Waals surface area contributed by atoms with E-state index in [4.69, 9.17) is 4.52 Å². The van der Waals surface area contributed by atoms with Gasteiger partial charge in [0.05, 0.1) is 5.69 Å². The molecule has 0 unspecified atom stereocenters. The average molecular weight is 169 g/mol. The summed E-state index contributed by atoms with van der Waals surface area (Å²) in [5.41, 5.74) is 1.24. The second kappa shape index (κ2) is 2.27. The Morgan fingerprint density at radius 2 is 2.45 bits per heavy atom. The molecular weight excluding hydrogens is 158 g/mol. The van der Waals surface area contributed by atoms with Crippen LogP contribution in [-0.4, -0.2) is 5.16 Å². The van der Waals surface area contributed by atoms with Crippen molar-refractivity contribution in [2.24, 2.45) is 0 Å². The van der Waals surface area contributed by atoms with Crippen LogP contribution in [0.1, 0.15) is 31.2 Å². The van der Waals surface area contributed by atoms with Crippen LogP contribution in [0.25, 0.3) is 0 Å². The van der Waals surface area contributed by atoms with Crippen LogP contribution < -0.4 is 0 Å². The minimum absolute atomic E-state index is 0.300. The summed E-state index contributed by atoms with van der Waals surface area (Å²) in [7, 11) is 0. The van der Waals surface area contributed by atoms with Crippen LogP contribution in [0, 0.1) is 0 Å². The highest BCUT2D eigenvalue weighted by Crippen LogP contribution is 2.47. The lowest BCUT2D eigenvalue weighted by Gasteiger charge is -1.98. The fraction of sp³-hybridized carbons (Fsp3) is 0.625. The first-order valence-corrected chi connectivity index (χ1v) is 4.45. The molecule has 60 valence electrons. The molecule has 0 bridgehead atoms. The number of aromatic nitrogens is 1. The van der Waals surface area contributed by atoms with Gasteiger partial charge < -0.3 is 4.52 Å². The molecule has 1 heterocycles. The van der Waals surface area contributed by atoms with Gasteiger partial charge in [-0.05, 0) is 12.8 Å². The van der Waals surface area contributed by atoms with Gasteiger partial charge in [0.2, 0.25) is 0 Å². The van der Waals surface area contributed by atoms with Gasteiger partial charge in [-0.15, -0.1) is 0 Å². The third kappa shape index (κ3) is 1.18. The zero-order chi connectivity index (χ0) is 7.90.